The van der Waals surface area contributed by atoms with Crippen molar-refractivity contribution in [2.45, 2.75) is 26.3 Å². The number of primary amides is 1. The van der Waals surface area contributed by atoms with E-state index in [1.807, 2.05) is 10.8 Å². The monoisotopic (exact) mass is 261 g/mol. The van der Waals surface area contributed by atoms with Gasteiger partial charge in [0.05, 0.1) is 6.54 Å². The first kappa shape index (κ1) is 13.3. The Balaban J connectivity index is 2.23. The summed E-state index contributed by atoms with van der Waals surface area (Å²) in [7, 11) is 0. The average molecular weight is 261 g/mol. The smallest absolute Gasteiger partial charge is 0.248 e. The highest BCUT2D eigenvalue weighted by Gasteiger charge is 2.09. The number of nitrogens with two attached hydrogens (primary N) is 1. The van der Waals surface area contributed by atoms with Crippen molar-refractivity contribution in [2.24, 2.45) is 5.73 Å². The average Bonchev–Trinajstić information content (AvgIpc) is 2.79. The fourth-order valence-corrected chi connectivity index (χ4v) is 1.95. The quantitative estimate of drug-likeness (QED) is 0.896. The molecule has 0 aliphatic heterocycles. The summed E-state index contributed by atoms with van der Waals surface area (Å²) in [6.07, 6.45) is 5.38. The minimum absolute atomic E-state index is 0.181. The van der Waals surface area contributed by atoms with E-state index < -0.39 is 11.7 Å². The van der Waals surface area contributed by atoms with Gasteiger partial charge in [0.2, 0.25) is 5.91 Å². The molecule has 0 saturated carbocycles. The van der Waals surface area contributed by atoms with Crippen LogP contribution in [0.2, 0.25) is 0 Å². The van der Waals surface area contributed by atoms with Crippen molar-refractivity contribution in [3.05, 3.63) is 53.4 Å². The normalized spacial score (nSPS) is 10.6. The molecular formula is C14H16FN3O. The summed E-state index contributed by atoms with van der Waals surface area (Å²) in [4.78, 5) is 15.2. The van der Waals surface area contributed by atoms with Gasteiger partial charge in [-0.05, 0) is 18.6 Å². The second-order valence-electron chi connectivity index (χ2n) is 4.39. The maximum absolute atomic E-state index is 13.9. The van der Waals surface area contributed by atoms with Gasteiger partial charge in [0.25, 0.3) is 0 Å². The van der Waals surface area contributed by atoms with Crippen molar-refractivity contribution in [3.63, 3.8) is 0 Å². The van der Waals surface area contributed by atoms with Crippen molar-refractivity contribution in [1.29, 1.82) is 0 Å². The number of hydrogen-bond donors (Lipinski definition) is 1. The van der Waals surface area contributed by atoms with E-state index >= 15 is 0 Å². The molecule has 0 radical (unpaired) electrons. The number of halogens is 1. The number of aromatic nitrogens is 2. The van der Waals surface area contributed by atoms with Crippen LogP contribution in [0, 0.1) is 5.82 Å². The van der Waals surface area contributed by atoms with Gasteiger partial charge in [-0.15, -0.1) is 0 Å². The maximum Gasteiger partial charge on any atom is 0.248 e. The van der Waals surface area contributed by atoms with E-state index in [0.29, 0.717) is 12.1 Å². The molecule has 4 nitrogen and oxygen atoms in total. The van der Waals surface area contributed by atoms with Crippen molar-refractivity contribution < 1.29 is 9.18 Å². The van der Waals surface area contributed by atoms with E-state index in [-0.39, 0.29) is 5.56 Å². The molecule has 0 spiro atoms. The summed E-state index contributed by atoms with van der Waals surface area (Å²) in [5.41, 5.74) is 5.81. The molecule has 1 heterocycles. The number of benzene rings is 1. The lowest BCUT2D eigenvalue weighted by molar-refractivity contribution is 0.1000. The van der Waals surface area contributed by atoms with Crippen LogP contribution in [0.5, 0.6) is 0 Å². The molecule has 0 aliphatic rings. The first-order valence-electron chi connectivity index (χ1n) is 6.20. The van der Waals surface area contributed by atoms with Crippen molar-refractivity contribution in [1.82, 2.24) is 9.55 Å². The van der Waals surface area contributed by atoms with Crippen LogP contribution in [0.1, 0.15) is 35.1 Å². The Hall–Kier alpha value is -2.17. The summed E-state index contributed by atoms with van der Waals surface area (Å²) >= 11 is 0. The van der Waals surface area contributed by atoms with Gasteiger partial charge in [0.1, 0.15) is 11.6 Å². The molecule has 0 aliphatic carbocycles. The van der Waals surface area contributed by atoms with Gasteiger partial charge in [-0.3, -0.25) is 4.79 Å². The fraction of sp³-hybridized carbons (Fsp3) is 0.286. The van der Waals surface area contributed by atoms with E-state index in [1.165, 1.54) is 12.1 Å². The second-order valence-corrected chi connectivity index (χ2v) is 4.39. The largest absolute Gasteiger partial charge is 0.366 e. The molecule has 0 fully saturated rings. The topological polar surface area (TPSA) is 60.9 Å². The van der Waals surface area contributed by atoms with Gasteiger partial charge >= 0.3 is 0 Å². The van der Waals surface area contributed by atoms with E-state index in [2.05, 4.69) is 11.9 Å². The molecule has 19 heavy (non-hydrogen) atoms. The van der Waals surface area contributed by atoms with Crippen LogP contribution >= 0.6 is 0 Å². The first-order chi connectivity index (χ1) is 9.11. The predicted molar refractivity (Wildman–Crippen MR) is 70.2 cm³/mol. The third-order valence-corrected chi connectivity index (χ3v) is 2.95. The Morgan fingerprint density at radius 2 is 2.26 bits per heavy atom. The minimum atomic E-state index is -0.625. The Labute approximate surface area is 111 Å². The van der Waals surface area contributed by atoms with Crippen LogP contribution in [-0.2, 0) is 13.0 Å². The zero-order valence-electron chi connectivity index (χ0n) is 10.8. The highest BCUT2D eigenvalue weighted by atomic mass is 19.1. The molecule has 1 aromatic carbocycles. The van der Waals surface area contributed by atoms with E-state index in [1.54, 1.807) is 12.3 Å². The van der Waals surface area contributed by atoms with Crippen LogP contribution in [0.25, 0.3) is 0 Å². The number of hydrogen-bond acceptors (Lipinski definition) is 2. The zero-order chi connectivity index (χ0) is 13.8. The number of rotatable bonds is 5. The molecule has 0 bridgehead atoms. The third kappa shape index (κ3) is 2.99. The molecule has 2 aromatic rings. The summed E-state index contributed by atoms with van der Waals surface area (Å²) in [5.74, 6) is -0.118. The summed E-state index contributed by atoms with van der Waals surface area (Å²) in [6, 6.07) is 4.30. The van der Waals surface area contributed by atoms with Crippen LogP contribution in [0.3, 0.4) is 0 Å². The van der Waals surface area contributed by atoms with E-state index in [4.69, 9.17) is 5.73 Å². The first-order valence-corrected chi connectivity index (χ1v) is 6.20. The second kappa shape index (κ2) is 5.65. The van der Waals surface area contributed by atoms with Gasteiger partial charge in [-0.1, -0.05) is 13.0 Å². The van der Waals surface area contributed by atoms with Crippen LogP contribution in [-0.4, -0.2) is 15.5 Å². The molecular weight excluding hydrogens is 245 g/mol. The van der Waals surface area contributed by atoms with Crippen LogP contribution in [0.4, 0.5) is 4.39 Å². The molecule has 1 amide bonds. The zero-order valence-corrected chi connectivity index (χ0v) is 10.8. The van der Waals surface area contributed by atoms with E-state index in [0.717, 1.165) is 18.7 Å². The minimum Gasteiger partial charge on any atom is -0.366 e. The molecule has 0 saturated heterocycles. The number of amides is 1. The lowest BCUT2D eigenvalue weighted by Crippen LogP contribution is -2.12. The van der Waals surface area contributed by atoms with E-state index in [9.17, 15) is 9.18 Å². The van der Waals surface area contributed by atoms with Gasteiger partial charge in [-0.2, -0.15) is 0 Å². The Morgan fingerprint density at radius 1 is 1.47 bits per heavy atom. The standard InChI is InChI=1S/C14H16FN3O/c1-2-3-13-17-6-7-18(13)9-11-5-4-10(14(16)19)8-12(11)15/h4-8H,2-3,9H2,1H3,(H2,16,19). The molecule has 0 atom stereocenters. The third-order valence-electron chi connectivity index (χ3n) is 2.95. The Bertz CT molecular complexity index is 592. The van der Waals surface area contributed by atoms with Crippen LogP contribution in [0.15, 0.2) is 30.6 Å². The van der Waals surface area contributed by atoms with Gasteiger partial charge in [0.15, 0.2) is 0 Å². The van der Waals surface area contributed by atoms with Gasteiger partial charge in [0, 0.05) is 29.9 Å². The number of imidazole rings is 1. The summed E-state index contributed by atoms with van der Waals surface area (Å²) in [6.45, 7) is 2.47. The SMILES string of the molecule is CCCc1nccn1Cc1ccc(C(N)=O)cc1F. The number of carbonyl (C=O) groups is 1. The van der Waals surface area contributed by atoms with Crippen LogP contribution < -0.4 is 5.73 Å². The lowest BCUT2D eigenvalue weighted by Gasteiger charge is -2.09. The summed E-state index contributed by atoms with van der Waals surface area (Å²) < 4.78 is 15.8. The van der Waals surface area contributed by atoms with Crippen molar-refractivity contribution in [3.8, 4) is 0 Å². The molecule has 5 heteroatoms. The Morgan fingerprint density at radius 3 is 2.89 bits per heavy atom. The lowest BCUT2D eigenvalue weighted by atomic mass is 10.1. The maximum atomic E-state index is 13.9. The molecule has 2 N–H and O–H groups in total. The van der Waals surface area contributed by atoms with Gasteiger partial charge in [-0.25, -0.2) is 9.37 Å². The number of carbonyl (C=O) groups excluding carboxylic acids is 1. The highest BCUT2D eigenvalue weighted by Crippen LogP contribution is 2.13. The predicted octanol–water partition coefficient (Wildman–Crippen LogP) is 2.12. The Kier molecular flexibility index (Phi) is 3.94. The fourth-order valence-electron chi connectivity index (χ4n) is 1.95. The number of aryl methyl sites for hydroxylation is 1. The number of nitrogens with zero attached hydrogens (tertiary/aromatic N) is 2. The summed E-state index contributed by atoms with van der Waals surface area (Å²) in [5, 5.41) is 0. The molecule has 1 aromatic heterocycles. The molecule has 100 valence electrons. The van der Waals surface area contributed by atoms with Crippen molar-refractivity contribution >= 4 is 5.91 Å². The molecule has 0 unspecified atom stereocenters. The van der Waals surface area contributed by atoms with Crippen molar-refractivity contribution in [2.75, 3.05) is 0 Å². The molecule has 2 rings (SSSR count). The highest BCUT2D eigenvalue weighted by molar-refractivity contribution is 5.92. The van der Waals surface area contributed by atoms with Gasteiger partial charge < -0.3 is 10.3 Å².